The molecule has 1 heteroatoms. The average Bonchev–Trinajstić information content (AvgIpc) is 2.47. The van der Waals surface area contributed by atoms with Crippen molar-refractivity contribution in [2.75, 3.05) is 6.61 Å². The van der Waals surface area contributed by atoms with Crippen molar-refractivity contribution >= 4 is 0 Å². The van der Waals surface area contributed by atoms with Crippen molar-refractivity contribution in [3.05, 3.63) is 35.4 Å². The first kappa shape index (κ1) is 9.30. The highest BCUT2D eigenvalue weighted by molar-refractivity contribution is 5.32. The van der Waals surface area contributed by atoms with Crippen molar-refractivity contribution < 1.29 is 4.74 Å². The molecule has 72 valence electrons. The number of hydrogen-bond acceptors (Lipinski definition) is 1. The summed E-state index contributed by atoms with van der Waals surface area (Å²) in [4.78, 5) is 0. The van der Waals surface area contributed by atoms with Crippen molar-refractivity contribution in [2.45, 2.75) is 25.9 Å². The van der Waals surface area contributed by atoms with E-state index in [0.717, 1.165) is 19.4 Å². The Kier molecular flexibility index (Phi) is 2.86. The summed E-state index contributed by atoms with van der Waals surface area (Å²) in [5.41, 5.74) is 2.47. The molecular weight excluding hydrogens is 172 g/mol. The quantitative estimate of drug-likeness (QED) is 0.613. The maximum atomic E-state index is 5.70. The lowest BCUT2D eigenvalue weighted by molar-refractivity contribution is 0.0929. The zero-order chi connectivity index (χ0) is 9.80. The van der Waals surface area contributed by atoms with Gasteiger partial charge in [-0.1, -0.05) is 30.2 Å². The molecule has 0 bridgehead atoms. The predicted octanol–water partition coefficient (Wildman–Crippen LogP) is 2.85. The lowest BCUT2D eigenvalue weighted by atomic mass is 10.0. The van der Waals surface area contributed by atoms with Crippen LogP contribution in [0.5, 0.6) is 0 Å². The number of ether oxygens (including phenoxy) is 1. The molecule has 0 unspecified atom stereocenters. The molecule has 0 saturated heterocycles. The molecule has 0 spiro atoms. The second kappa shape index (κ2) is 4.30. The smallest absolute Gasteiger partial charge is 0.143 e. The van der Waals surface area contributed by atoms with Gasteiger partial charge in [0.2, 0.25) is 0 Å². The summed E-state index contributed by atoms with van der Waals surface area (Å²) in [6.07, 6.45) is 2.00. The van der Waals surface area contributed by atoms with Crippen LogP contribution in [0.2, 0.25) is 0 Å². The van der Waals surface area contributed by atoms with E-state index in [1.165, 1.54) is 11.1 Å². The van der Waals surface area contributed by atoms with E-state index in [1.54, 1.807) is 0 Å². The van der Waals surface area contributed by atoms with E-state index in [1.807, 2.05) is 12.1 Å². The van der Waals surface area contributed by atoms with E-state index < -0.39 is 0 Å². The highest BCUT2D eigenvalue weighted by atomic mass is 16.5. The van der Waals surface area contributed by atoms with Crippen molar-refractivity contribution in [1.82, 2.24) is 0 Å². The third kappa shape index (κ3) is 1.97. The second-order valence-electron chi connectivity index (χ2n) is 3.53. The zero-order valence-corrected chi connectivity index (χ0v) is 8.42. The lowest BCUT2D eigenvalue weighted by Crippen LogP contribution is -2.03. The molecule has 1 atom stereocenters. The van der Waals surface area contributed by atoms with Crippen molar-refractivity contribution in [2.24, 2.45) is 0 Å². The molecule has 1 aromatic rings. The molecule has 14 heavy (non-hydrogen) atoms. The molecule has 0 amide bonds. The summed E-state index contributed by atoms with van der Waals surface area (Å²) in [6, 6.07) is 8.28. The van der Waals surface area contributed by atoms with Crippen LogP contribution in [0, 0.1) is 18.8 Å². The van der Waals surface area contributed by atoms with Gasteiger partial charge in [0.05, 0.1) is 0 Å². The molecule has 1 aliphatic rings. The zero-order valence-electron chi connectivity index (χ0n) is 8.42. The third-order valence-electron chi connectivity index (χ3n) is 2.43. The normalized spacial score (nSPS) is 20.8. The van der Waals surface area contributed by atoms with Gasteiger partial charge in [-0.25, -0.2) is 0 Å². The first-order chi connectivity index (χ1) is 6.88. The van der Waals surface area contributed by atoms with Gasteiger partial charge in [0.15, 0.2) is 0 Å². The largest absolute Gasteiger partial charge is 0.361 e. The molecule has 1 heterocycles. The Morgan fingerprint density at radius 3 is 3.07 bits per heavy atom. The van der Waals surface area contributed by atoms with Gasteiger partial charge in [-0.05, 0) is 24.5 Å². The summed E-state index contributed by atoms with van der Waals surface area (Å²) in [6.45, 7) is 2.91. The van der Waals surface area contributed by atoms with Crippen LogP contribution in [0.25, 0.3) is 0 Å². The molecule has 0 aliphatic carbocycles. The minimum atomic E-state index is -0.0151. The molecule has 0 saturated carbocycles. The predicted molar refractivity (Wildman–Crippen MR) is 56.9 cm³/mol. The minimum Gasteiger partial charge on any atom is -0.361 e. The third-order valence-corrected chi connectivity index (χ3v) is 2.43. The minimum absolute atomic E-state index is 0.0151. The number of aryl methyl sites for hydroxylation is 1. The fourth-order valence-electron chi connectivity index (χ4n) is 1.62. The monoisotopic (exact) mass is 186 g/mol. The van der Waals surface area contributed by atoms with Crippen LogP contribution in [0.3, 0.4) is 0 Å². The molecule has 0 N–H and O–H groups in total. The van der Waals surface area contributed by atoms with Crippen LogP contribution >= 0.6 is 0 Å². The number of hydrogen-bond donors (Lipinski definition) is 0. The van der Waals surface area contributed by atoms with Crippen LogP contribution in [-0.2, 0) is 4.74 Å². The standard InChI is InChI=1S/C13H14O/c1-11-7-4-5-8-12(11)13-9-3-2-6-10-14-13/h4-5,7-8,13H,2,6,10H2,1H3/t13-/m0/s1. The van der Waals surface area contributed by atoms with Gasteiger partial charge in [0.1, 0.15) is 6.10 Å². The van der Waals surface area contributed by atoms with Gasteiger partial charge in [-0.15, -0.1) is 5.92 Å². The Bertz CT molecular complexity index is 370. The van der Waals surface area contributed by atoms with Gasteiger partial charge < -0.3 is 4.74 Å². The van der Waals surface area contributed by atoms with E-state index in [4.69, 9.17) is 4.74 Å². The first-order valence-corrected chi connectivity index (χ1v) is 5.03. The van der Waals surface area contributed by atoms with Gasteiger partial charge in [-0.3, -0.25) is 0 Å². The molecule has 0 fully saturated rings. The summed E-state index contributed by atoms with van der Waals surface area (Å²) in [5.74, 6) is 6.31. The van der Waals surface area contributed by atoms with Crippen LogP contribution in [0.15, 0.2) is 24.3 Å². The topological polar surface area (TPSA) is 9.23 Å². The Hall–Kier alpha value is -1.26. The van der Waals surface area contributed by atoms with E-state index in [9.17, 15) is 0 Å². The summed E-state index contributed by atoms with van der Waals surface area (Å²) in [7, 11) is 0. The Morgan fingerprint density at radius 1 is 1.36 bits per heavy atom. The SMILES string of the molecule is Cc1ccccc1[C@@H]1C#CCCCO1. The molecule has 1 aliphatic heterocycles. The van der Waals surface area contributed by atoms with Gasteiger partial charge in [0.25, 0.3) is 0 Å². The van der Waals surface area contributed by atoms with Gasteiger partial charge in [-0.2, -0.15) is 0 Å². The Labute approximate surface area is 85.1 Å². The molecule has 0 aromatic heterocycles. The van der Waals surface area contributed by atoms with Crippen molar-refractivity contribution in [1.29, 1.82) is 0 Å². The highest BCUT2D eigenvalue weighted by Gasteiger charge is 2.11. The van der Waals surface area contributed by atoms with E-state index >= 15 is 0 Å². The number of rotatable bonds is 1. The summed E-state index contributed by atoms with van der Waals surface area (Å²) < 4.78 is 5.70. The average molecular weight is 186 g/mol. The van der Waals surface area contributed by atoms with Crippen LogP contribution in [-0.4, -0.2) is 6.61 Å². The van der Waals surface area contributed by atoms with Gasteiger partial charge in [0, 0.05) is 13.0 Å². The Balaban J connectivity index is 2.28. The van der Waals surface area contributed by atoms with Crippen LogP contribution in [0.1, 0.15) is 30.1 Å². The Morgan fingerprint density at radius 2 is 2.21 bits per heavy atom. The van der Waals surface area contributed by atoms with E-state index in [2.05, 4.69) is 30.9 Å². The van der Waals surface area contributed by atoms with E-state index in [0.29, 0.717) is 0 Å². The van der Waals surface area contributed by atoms with Crippen molar-refractivity contribution in [3.63, 3.8) is 0 Å². The molecule has 1 nitrogen and oxygen atoms in total. The first-order valence-electron chi connectivity index (χ1n) is 5.03. The number of benzene rings is 1. The lowest BCUT2D eigenvalue weighted by Gasteiger charge is -2.13. The van der Waals surface area contributed by atoms with E-state index in [-0.39, 0.29) is 6.10 Å². The molecule has 0 radical (unpaired) electrons. The highest BCUT2D eigenvalue weighted by Crippen LogP contribution is 2.21. The fraction of sp³-hybridized carbons (Fsp3) is 0.385. The second-order valence-corrected chi connectivity index (χ2v) is 3.53. The molecule has 1 aromatic carbocycles. The van der Waals surface area contributed by atoms with Crippen molar-refractivity contribution in [3.8, 4) is 11.8 Å². The molecule has 2 rings (SSSR count). The summed E-state index contributed by atoms with van der Waals surface area (Å²) >= 11 is 0. The fourth-order valence-corrected chi connectivity index (χ4v) is 1.62. The molecular formula is C13H14O. The van der Waals surface area contributed by atoms with Gasteiger partial charge >= 0.3 is 0 Å². The van der Waals surface area contributed by atoms with Crippen LogP contribution < -0.4 is 0 Å². The maximum Gasteiger partial charge on any atom is 0.143 e. The summed E-state index contributed by atoms with van der Waals surface area (Å²) in [5, 5.41) is 0. The van der Waals surface area contributed by atoms with Crippen LogP contribution in [0.4, 0.5) is 0 Å². The maximum absolute atomic E-state index is 5.70.